The van der Waals surface area contributed by atoms with E-state index in [0.29, 0.717) is 53.6 Å². The lowest BCUT2D eigenvalue weighted by Gasteiger charge is -2.30. The summed E-state index contributed by atoms with van der Waals surface area (Å²) in [5, 5.41) is 20.4. The first-order valence-electron chi connectivity index (χ1n) is 14.5. The molecule has 1 heterocycles. The third-order valence-electron chi connectivity index (χ3n) is 7.68. The van der Waals surface area contributed by atoms with E-state index in [4.69, 9.17) is 23.7 Å². The average Bonchev–Trinajstić information content (AvgIpc) is 2.92. The van der Waals surface area contributed by atoms with Gasteiger partial charge in [0.1, 0.15) is 28.9 Å². The van der Waals surface area contributed by atoms with E-state index in [1.165, 1.54) is 12.7 Å². The summed E-state index contributed by atoms with van der Waals surface area (Å²) in [7, 11) is 6.31. The summed E-state index contributed by atoms with van der Waals surface area (Å²) in [6.07, 6.45) is 5.70. The zero-order valence-corrected chi connectivity index (χ0v) is 26.7. The van der Waals surface area contributed by atoms with Crippen molar-refractivity contribution in [2.75, 3.05) is 28.4 Å². The Morgan fingerprint density at radius 2 is 1.57 bits per heavy atom. The lowest BCUT2D eigenvalue weighted by molar-refractivity contribution is 0.0687. The molecule has 1 aliphatic heterocycles. The third-order valence-corrected chi connectivity index (χ3v) is 7.68. The highest BCUT2D eigenvalue weighted by molar-refractivity contribution is 6.03. The first-order valence-corrected chi connectivity index (χ1v) is 14.5. The second kappa shape index (κ2) is 13.8. The summed E-state index contributed by atoms with van der Waals surface area (Å²) in [6.45, 7) is 9.23. The first-order chi connectivity index (χ1) is 19.7. The van der Waals surface area contributed by atoms with Crippen molar-refractivity contribution in [1.82, 2.24) is 0 Å². The molecule has 0 saturated carbocycles. The van der Waals surface area contributed by atoms with Gasteiger partial charge in [-0.25, -0.2) is 0 Å². The number of methoxy groups -OCH3 is 4. The molecule has 0 aromatic heterocycles. The maximum absolute atomic E-state index is 13.7. The minimum Gasteiger partial charge on any atom is -0.496 e. The van der Waals surface area contributed by atoms with Crippen LogP contribution in [0.5, 0.6) is 28.7 Å². The van der Waals surface area contributed by atoms with Crippen molar-refractivity contribution in [1.29, 1.82) is 0 Å². The fourth-order valence-corrected chi connectivity index (χ4v) is 5.42. The maximum Gasteiger partial charge on any atom is 0.174 e. The van der Waals surface area contributed by atoms with Crippen molar-refractivity contribution < 1.29 is 38.7 Å². The minimum atomic E-state index is -0.885. The van der Waals surface area contributed by atoms with E-state index in [-0.39, 0.29) is 12.2 Å². The van der Waals surface area contributed by atoms with Crippen LogP contribution in [0, 0.1) is 0 Å². The summed E-state index contributed by atoms with van der Waals surface area (Å²) in [4.78, 5) is 13.7. The average molecular weight is 585 g/mol. The molecule has 8 heteroatoms. The van der Waals surface area contributed by atoms with E-state index >= 15 is 0 Å². The highest BCUT2D eigenvalue weighted by Gasteiger charge is 2.35. The van der Waals surface area contributed by atoms with E-state index in [0.717, 1.165) is 36.0 Å². The van der Waals surface area contributed by atoms with E-state index in [1.54, 1.807) is 41.2 Å². The van der Waals surface area contributed by atoms with Crippen LogP contribution in [0.4, 0.5) is 0 Å². The SMILES string of the molecule is COc1cc2c(c(OC)c1CCC(C)(C)O)C(=O)CC(c1ccc(OC)c(OC)c1C/C=C(\C)CCCC(C)(C)O)O2. The molecule has 0 radical (unpaired) electrons. The minimum absolute atomic E-state index is 0.0932. The van der Waals surface area contributed by atoms with Crippen LogP contribution >= 0.6 is 0 Å². The number of Topliss-reactive ketones (excluding diaryl/α,β-unsaturated/α-hetero) is 1. The van der Waals surface area contributed by atoms with Crippen molar-refractivity contribution in [2.24, 2.45) is 0 Å². The van der Waals surface area contributed by atoms with Gasteiger partial charge in [-0.1, -0.05) is 17.7 Å². The van der Waals surface area contributed by atoms with Gasteiger partial charge in [0.05, 0.1) is 46.1 Å². The van der Waals surface area contributed by atoms with E-state index in [2.05, 4.69) is 13.0 Å². The standard InChI is InChI=1S/C34H48O8/c1-21(11-10-17-33(2,3)36)12-13-23-22(14-15-26(38-6)31(23)40-8)28-19-25(35)30-29(42-28)20-27(39-7)24(32(30)41-9)16-18-34(4,5)37/h12,14-15,20,28,36-37H,10-11,13,16-19H2,1-9H3/b21-12+. The number of carbonyl (C=O) groups excluding carboxylic acids is 1. The predicted molar refractivity (Wildman–Crippen MR) is 164 cm³/mol. The van der Waals surface area contributed by atoms with Gasteiger partial charge in [-0.2, -0.15) is 0 Å². The third kappa shape index (κ3) is 8.19. The van der Waals surface area contributed by atoms with Crippen LogP contribution in [0.15, 0.2) is 29.8 Å². The molecule has 0 amide bonds. The van der Waals surface area contributed by atoms with E-state index in [9.17, 15) is 15.0 Å². The van der Waals surface area contributed by atoms with Gasteiger partial charge in [0, 0.05) is 22.8 Å². The Balaban J connectivity index is 2.01. The molecule has 42 heavy (non-hydrogen) atoms. The molecule has 2 aromatic carbocycles. The number of aliphatic hydroxyl groups is 2. The Hall–Kier alpha value is -3.23. The second-order valence-electron chi connectivity index (χ2n) is 12.3. The molecule has 0 bridgehead atoms. The Morgan fingerprint density at radius 1 is 0.929 bits per heavy atom. The number of carbonyl (C=O) groups is 1. The van der Waals surface area contributed by atoms with Gasteiger partial charge >= 0.3 is 0 Å². The molecule has 1 atom stereocenters. The number of ketones is 1. The molecule has 8 nitrogen and oxygen atoms in total. The number of ether oxygens (including phenoxy) is 5. The van der Waals surface area contributed by atoms with Gasteiger partial charge in [0.2, 0.25) is 0 Å². The van der Waals surface area contributed by atoms with Gasteiger partial charge in [0.25, 0.3) is 0 Å². The summed E-state index contributed by atoms with van der Waals surface area (Å²) in [6, 6.07) is 5.51. The highest BCUT2D eigenvalue weighted by atomic mass is 16.5. The molecular weight excluding hydrogens is 536 g/mol. The predicted octanol–water partition coefficient (Wildman–Crippen LogP) is 6.56. The Bertz CT molecular complexity index is 1280. The molecule has 0 fully saturated rings. The Labute approximate surface area is 250 Å². The molecule has 2 aromatic rings. The van der Waals surface area contributed by atoms with Crippen molar-refractivity contribution in [3.8, 4) is 28.7 Å². The summed E-state index contributed by atoms with van der Waals surface area (Å²) in [5.41, 5.74) is 2.49. The molecule has 0 aliphatic carbocycles. The number of benzene rings is 2. The number of hydrogen-bond donors (Lipinski definition) is 2. The van der Waals surface area contributed by atoms with Crippen LogP contribution in [0.25, 0.3) is 0 Å². The van der Waals surface area contributed by atoms with E-state index in [1.807, 2.05) is 26.0 Å². The Morgan fingerprint density at radius 3 is 2.14 bits per heavy atom. The van der Waals surface area contributed by atoms with Crippen molar-refractivity contribution in [2.45, 2.75) is 96.9 Å². The van der Waals surface area contributed by atoms with Gasteiger partial charge < -0.3 is 33.9 Å². The quantitative estimate of drug-likeness (QED) is 0.241. The lowest BCUT2D eigenvalue weighted by atomic mass is 9.88. The lowest BCUT2D eigenvalue weighted by Crippen LogP contribution is -2.24. The molecule has 3 rings (SSSR count). The van der Waals surface area contributed by atoms with Crippen molar-refractivity contribution in [3.05, 3.63) is 52.1 Å². The zero-order chi connectivity index (χ0) is 31.2. The summed E-state index contributed by atoms with van der Waals surface area (Å²) < 4.78 is 29.4. The zero-order valence-electron chi connectivity index (χ0n) is 26.7. The van der Waals surface area contributed by atoms with Gasteiger partial charge in [0.15, 0.2) is 17.3 Å². The van der Waals surface area contributed by atoms with Crippen LogP contribution in [-0.4, -0.2) is 55.6 Å². The van der Waals surface area contributed by atoms with Crippen molar-refractivity contribution >= 4 is 5.78 Å². The van der Waals surface area contributed by atoms with Crippen LogP contribution in [0.2, 0.25) is 0 Å². The fourth-order valence-electron chi connectivity index (χ4n) is 5.42. The smallest absolute Gasteiger partial charge is 0.174 e. The highest BCUT2D eigenvalue weighted by Crippen LogP contribution is 2.47. The molecular formula is C34H48O8. The van der Waals surface area contributed by atoms with Gasteiger partial charge in [-0.15, -0.1) is 0 Å². The summed E-state index contributed by atoms with van der Waals surface area (Å²) >= 11 is 0. The van der Waals surface area contributed by atoms with Crippen LogP contribution < -0.4 is 23.7 Å². The molecule has 0 saturated heterocycles. The van der Waals surface area contributed by atoms with Gasteiger partial charge in [-0.3, -0.25) is 4.79 Å². The number of allylic oxidation sites excluding steroid dienone is 2. The largest absolute Gasteiger partial charge is 0.496 e. The molecule has 232 valence electrons. The molecule has 1 unspecified atom stereocenters. The molecule has 1 aliphatic rings. The van der Waals surface area contributed by atoms with Crippen LogP contribution in [-0.2, 0) is 12.8 Å². The normalized spacial score (nSPS) is 15.6. The number of hydrogen-bond acceptors (Lipinski definition) is 8. The second-order valence-corrected chi connectivity index (χ2v) is 12.3. The van der Waals surface area contributed by atoms with Crippen LogP contribution in [0.1, 0.15) is 99.9 Å². The van der Waals surface area contributed by atoms with Crippen LogP contribution in [0.3, 0.4) is 0 Å². The number of fused-ring (bicyclic) bond motifs is 1. The number of rotatable bonds is 14. The molecule has 2 N–H and O–H groups in total. The maximum atomic E-state index is 13.7. The topological polar surface area (TPSA) is 104 Å². The fraction of sp³-hybridized carbons (Fsp3) is 0.559. The van der Waals surface area contributed by atoms with Gasteiger partial charge in [-0.05, 0) is 79.2 Å². The monoisotopic (exact) mass is 584 g/mol. The van der Waals surface area contributed by atoms with Crippen molar-refractivity contribution in [3.63, 3.8) is 0 Å². The Kier molecular flexibility index (Phi) is 11.0. The first kappa shape index (κ1) is 33.3. The molecule has 0 spiro atoms. The van der Waals surface area contributed by atoms with E-state index < -0.39 is 17.3 Å². The summed E-state index contributed by atoms with van der Waals surface area (Å²) in [5.74, 6) is 2.48.